The van der Waals surface area contributed by atoms with E-state index >= 15 is 0 Å². The second-order valence-corrected chi connectivity index (χ2v) is 4.63. The van der Waals surface area contributed by atoms with Crippen molar-refractivity contribution in [3.8, 4) is 0 Å². The Morgan fingerprint density at radius 2 is 1.94 bits per heavy atom. The number of aryl methyl sites for hydroxylation is 1. The highest BCUT2D eigenvalue weighted by molar-refractivity contribution is 6.08. The van der Waals surface area contributed by atoms with Crippen LogP contribution in [-0.4, -0.2) is 10.5 Å². The molecule has 0 aliphatic carbocycles. The molecule has 2 heterocycles. The van der Waals surface area contributed by atoms with E-state index in [9.17, 15) is 4.79 Å². The topological polar surface area (TPSA) is 34.0 Å². The lowest BCUT2D eigenvalue weighted by Gasteiger charge is -2.23. The third-order valence-electron chi connectivity index (χ3n) is 3.62. The number of carbonyl (C=O) groups is 1. The van der Waals surface area contributed by atoms with E-state index in [1.54, 1.807) is 0 Å². The van der Waals surface area contributed by atoms with Gasteiger partial charge in [0.15, 0.2) is 0 Å². The van der Waals surface area contributed by atoms with Crippen molar-refractivity contribution in [3.63, 3.8) is 0 Å². The van der Waals surface area contributed by atoms with E-state index in [1.807, 2.05) is 61.1 Å². The number of fused-ring (bicyclic) bond motifs is 1. The third kappa shape index (κ3) is 1.19. The van der Waals surface area contributed by atoms with Crippen LogP contribution in [0.25, 0.3) is 0 Å². The number of nitrogens with one attached hydrogen (secondary N) is 1. The van der Waals surface area contributed by atoms with Crippen molar-refractivity contribution in [1.82, 2.24) is 4.57 Å². The fourth-order valence-electron chi connectivity index (χ4n) is 2.63. The van der Waals surface area contributed by atoms with E-state index in [1.165, 1.54) is 0 Å². The van der Waals surface area contributed by atoms with Gasteiger partial charge in [-0.1, -0.05) is 18.2 Å². The quantitative estimate of drug-likeness (QED) is 0.795. The zero-order valence-corrected chi connectivity index (χ0v) is 9.90. The van der Waals surface area contributed by atoms with Gasteiger partial charge >= 0.3 is 0 Å². The van der Waals surface area contributed by atoms with Crippen LogP contribution in [-0.2, 0) is 17.3 Å². The van der Waals surface area contributed by atoms with Crippen LogP contribution in [0.15, 0.2) is 42.6 Å². The summed E-state index contributed by atoms with van der Waals surface area (Å²) in [7, 11) is 1.97. The summed E-state index contributed by atoms with van der Waals surface area (Å²) in [6.45, 7) is 1.98. The fourth-order valence-corrected chi connectivity index (χ4v) is 2.63. The number of anilines is 1. The molecule has 17 heavy (non-hydrogen) atoms. The minimum Gasteiger partial charge on any atom is -0.353 e. The zero-order chi connectivity index (χ0) is 12.0. The maximum absolute atomic E-state index is 12.3. The van der Waals surface area contributed by atoms with Gasteiger partial charge in [0, 0.05) is 24.6 Å². The number of benzene rings is 1. The highest BCUT2D eigenvalue weighted by Gasteiger charge is 2.45. The molecule has 0 saturated carbocycles. The normalized spacial score (nSPS) is 22.4. The summed E-state index contributed by atoms with van der Waals surface area (Å²) in [5.41, 5.74) is 2.39. The lowest BCUT2D eigenvalue weighted by Crippen LogP contribution is -2.34. The van der Waals surface area contributed by atoms with Gasteiger partial charge in [-0.2, -0.15) is 0 Å². The van der Waals surface area contributed by atoms with Gasteiger partial charge in [0.25, 0.3) is 0 Å². The third-order valence-corrected chi connectivity index (χ3v) is 3.62. The second kappa shape index (κ2) is 3.23. The first-order valence-electron chi connectivity index (χ1n) is 5.67. The van der Waals surface area contributed by atoms with Gasteiger partial charge in [0.2, 0.25) is 5.91 Å². The first-order chi connectivity index (χ1) is 8.14. The molecule has 3 heteroatoms. The van der Waals surface area contributed by atoms with Crippen LogP contribution in [0, 0.1) is 0 Å². The van der Waals surface area contributed by atoms with E-state index in [0.717, 1.165) is 16.9 Å². The van der Waals surface area contributed by atoms with E-state index in [0.29, 0.717) is 0 Å². The number of hydrogen-bond donors (Lipinski definition) is 1. The smallest absolute Gasteiger partial charge is 0.240 e. The first-order valence-corrected chi connectivity index (χ1v) is 5.67. The molecule has 3 nitrogen and oxygen atoms in total. The average Bonchev–Trinajstić information content (AvgIpc) is 2.84. The number of amides is 1. The monoisotopic (exact) mass is 226 g/mol. The molecule has 86 valence electrons. The molecular formula is C14H14N2O. The molecule has 1 aromatic carbocycles. The van der Waals surface area contributed by atoms with Gasteiger partial charge in [-0.3, -0.25) is 4.79 Å². The lowest BCUT2D eigenvalue weighted by molar-refractivity contribution is -0.119. The molecule has 1 unspecified atom stereocenters. The highest BCUT2D eigenvalue weighted by atomic mass is 16.2. The van der Waals surface area contributed by atoms with Crippen molar-refractivity contribution in [2.75, 3.05) is 5.32 Å². The molecule has 0 bridgehead atoms. The Kier molecular flexibility index (Phi) is 1.93. The van der Waals surface area contributed by atoms with Gasteiger partial charge in [-0.15, -0.1) is 0 Å². The minimum atomic E-state index is -0.588. The molecule has 3 rings (SSSR count). The Bertz CT molecular complexity index is 600. The fraction of sp³-hybridized carbons (Fsp3) is 0.214. The molecule has 1 aromatic heterocycles. The van der Waals surface area contributed by atoms with E-state index in [-0.39, 0.29) is 5.91 Å². The van der Waals surface area contributed by atoms with Crippen molar-refractivity contribution in [2.24, 2.45) is 7.05 Å². The second-order valence-electron chi connectivity index (χ2n) is 4.63. The van der Waals surface area contributed by atoms with Crippen molar-refractivity contribution in [3.05, 3.63) is 53.9 Å². The first kappa shape index (κ1) is 10.1. The summed E-state index contributed by atoms with van der Waals surface area (Å²) in [5.74, 6) is 0.0421. The predicted molar refractivity (Wildman–Crippen MR) is 66.9 cm³/mol. The highest BCUT2D eigenvalue weighted by Crippen LogP contribution is 2.42. The van der Waals surface area contributed by atoms with Crippen molar-refractivity contribution in [1.29, 1.82) is 0 Å². The summed E-state index contributed by atoms with van der Waals surface area (Å²) < 4.78 is 2.00. The van der Waals surface area contributed by atoms with Crippen molar-refractivity contribution >= 4 is 11.6 Å². The minimum absolute atomic E-state index is 0.0421. The standard InChI is InChI=1S/C14H14N2O/c1-14(12-8-5-9-16(12)2)10-6-3-4-7-11(10)15-13(14)17/h3-9H,1-2H3,(H,15,17). The maximum Gasteiger partial charge on any atom is 0.240 e. The number of rotatable bonds is 1. The Morgan fingerprint density at radius 1 is 1.18 bits per heavy atom. The van der Waals surface area contributed by atoms with Crippen molar-refractivity contribution < 1.29 is 4.79 Å². The molecule has 0 radical (unpaired) electrons. The van der Waals surface area contributed by atoms with Crippen molar-refractivity contribution in [2.45, 2.75) is 12.3 Å². The molecule has 0 saturated heterocycles. The number of para-hydroxylation sites is 1. The Morgan fingerprint density at radius 3 is 2.65 bits per heavy atom. The lowest BCUT2D eigenvalue weighted by atomic mass is 9.80. The SMILES string of the molecule is Cn1cccc1C1(C)C(=O)Nc2ccccc21. The van der Waals surface area contributed by atoms with Crippen LogP contribution in [0.5, 0.6) is 0 Å². The zero-order valence-electron chi connectivity index (χ0n) is 9.90. The largest absolute Gasteiger partial charge is 0.353 e. The van der Waals surface area contributed by atoms with Crippen LogP contribution >= 0.6 is 0 Å². The molecule has 1 aliphatic heterocycles. The summed E-state index contributed by atoms with van der Waals surface area (Å²) >= 11 is 0. The van der Waals surface area contributed by atoms with Crippen LogP contribution in [0.3, 0.4) is 0 Å². The maximum atomic E-state index is 12.3. The molecule has 1 N–H and O–H groups in total. The molecule has 0 fully saturated rings. The van der Waals surface area contributed by atoms with Crippen LogP contribution in [0.4, 0.5) is 5.69 Å². The Labute approximate surface area is 100 Å². The van der Waals surface area contributed by atoms with Gasteiger partial charge in [-0.25, -0.2) is 0 Å². The van der Waals surface area contributed by atoms with Gasteiger partial charge < -0.3 is 9.88 Å². The number of nitrogens with zero attached hydrogens (tertiary/aromatic N) is 1. The predicted octanol–water partition coefficient (Wildman–Crippen LogP) is 2.28. The number of carbonyl (C=O) groups excluding carboxylic acids is 1. The number of hydrogen-bond acceptors (Lipinski definition) is 1. The van der Waals surface area contributed by atoms with E-state index in [4.69, 9.17) is 0 Å². The van der Waals surface area contributed by atoms with Crippen LogP contribution < -0.4 is 5.32 Å². The van der Waals surface area contributed by atoms with E-state index < -0.39 is 5.41 Å². The molecule has 0 spiro atoms. The molecule has 1 atom stereocenters. The average molecular weight is 226 g/mol. The Balaban J connectivity index is 2.27. The van der Waals surface area contributed by atoms with Gasteiger partial charge in [-0.05, 0) is 30.7 Å². The summed E-state index contributed by atoms with van der Waals surface area (Å²) in [6.07, 6.45) is 1.97. The summed E-state index contributed by atoms with van der Waals surface area (Å²) in [4.78, 5) is 12.3. The summed E-state index contributed by atoms with van der Waals surface area (Å²) in [6, 6.07) is 11.8. The van der Waals surface area contributed by atoms with Gasteiger partial charge in [0.05, 0.1) is 0 Å². The molecule has 1 amide bonds. The van der Waals surface area contributed by atoms with E-state index in [2.05, 4.69) is 5.32 Å². The van der Waals surface area contributed by atoms with Gasteiger partial charge in [0.1, 0.15) is 5.41 Å². The van der Waals surface area contributed by atoms with Crippen LogP contribution in [0.2, 0.25) is 0 Å². The number of aromatic nitrogens is 1. The van der Waals surface area contributed by atoms with Crippen LogP contribution in [0.1, 0.15) is 18.2 Å². The molecular weight excluding hydrogens is 212 g/mol. The Hall–Kier alpha value is -2.03. The summed E-state index contributed by atoms with van der Waals surface area (Å²) in [5, 5.41) is 2.95. The molecule has 1 aliphatic rings. The molecule has 2 aromatic rings.